The number of rotatable bonds is 3. The maximum Gasteiger partial charge on any atom is 0.371 e. The van der Waals surface area contributed by atoms with Crippen LogP contribution in [0.5, 0.6) is 0 Å². The number of ether oxygens (including phenoxy) is 2. The zero-order valence-corrected chi connectivity index (χ0v) is 11.6. The quantitative estimate of drug-likeness (QED) is 0.766. The van der Waals surface area contributed by atoms with E-state index in [1.807, 2.05) is 18.2 Å². The van der Waals surface area contributed by atoms with Gasteiger partial charge in [0.15, 0.2) is 6.54 Å². The molecule has 98 valence electrons. The molecule has 1 aliphatic heterocycles. The lowest BCUT2D eigenvalue weighted by Gasteiger charge is -2.28. The maximum atomic E-state index is 6.04. The normalized spacial score (nSPS) is 25.8. The Kier molecular flexibility index (Phi) is 4.02. The van der Waals surface area contributed by atoms with E-state index in [2.05, 4.69) is 37.6 Å². The fourth-order valence-electron chi connectivity index (χ4n) is 2.34. The Labute approximate surface area is 109 Å². The Morgan fingerprint density at radius 2 is 1.94 bits per heavy atom. The van der Waals surface area contributed by atoms with Gasteiger partial charge in [-0.1, -0.05) is 37.3 Å². The van der Waals surface area contributed by atoms with E-state index in [9.17, 15) is 0 Å². The highest BCUT2D eigenvalue weighted by atomic mass is 16.5. The average molecular weight is 248 g/mol. The third-order valence-electron chi connectivity index (χ3n) is 3.61. The lowest BCUT2D eigenvalue weighted by Crippen LogP contribution is -2.42. The predicted octanol–water partition coefficient (Wildman–Crippen LogP) is 2.47. The minimum absolute atomic E-state index is 0.119. The van der Waals surface area contributed by atoms with Crippen LogP contribution >= 0.6 is 0 Å². The Morgan fingerprint density at radius 1 is 1.28 bits per heavy atom. The summed E-state index contributed by atoms with van der Waals surface area (Å²) in [5.41, 5.74) is 1.13. The van der Waals surface area contributed by atoms with Crippen molar-refractivity contribution in [3.8, 4) is 0 Å². The van der Waals surface area contributed by atoms with Crippen molar-refractivity contribution in [2.45, 2.75) is 26.1 Å². The molecule has 1 unspecified atom stereocenters. The Bertz CT molecular complexity index is 427. The topological polar surface area (TPSA) is 21.5 Å². The van der Waals surface area contributed by atoms with Crippen LogP contribution in [-0.4, -0.2) is 37.3 Å². The zero-order chi connectivity index (χ0) is 13.1. The molecule has 0 N–H and O–H groups in total. The van der Waals surface area contributed by atoms with E-state index in [1.165, 1.54) is 0 Å². The lowest BCUT2D eigenvalue weighted by atomic mass is 10.0. The molecule has 0 fully saturated rings. The molecule has 1 aromatic carbocycles. The molecule has 1 aliphatic rings. The van der Waals surface area contributed by atoms with Crippen molar-refractivity contribution in [2.75, 3.05) is 20.7 Å². The Morgan fingerprint density at radius 3 is 2.56 bits per heavy atom. The van der Waals surface area contributed by atoms with Crippen LogP contribution in [0.3, 0.4) is 0 Å². The van der Waals surface area contributed by atoms with Gasteiger partial charge in [-0.3, -0.25) is 0 Å². The van der Waals surface area contributed by atoms with Crippen LogP contribution in [0.15, 0.2) is 30.3 Å². The van der Waals surface area contributed by atoms with Crippen molar-refractivity contribution in [2.24, 2.45) is 5.92 Å². The van der Waals surface area contributed by atoms with Gasteiger partial charge in [-0.05, 0) is 12.5 Å². The first kappa shape index (κ1) is 13.1. The summed E-state index contributed by atoms with van der Waals surface area (Å²) < 4.78 is 13.8. The molecule has 1 aromatic rings. The highest BCUT2D eigenvalue weighted by Crippen LogP contribution is 2.24. The van der Waals surface area contributed by atoms with Gasteiger partial charge in [-0.15, -0.1) is 0 Å². The number of hydrogen-bond acceptors (Lipinski definition) is 2. The van der Waals surface area contributed by atoms with Crippen LogP contribution in [0.25, 0.3) is 0 Å². The van der Waals surface area contributed by atoms with Gasteiger partial charge in [0.25, 0.3) is 0 Å². The molecule has 0 saturated heterocycles. The molecule has 0 aromatic heterocycles. The van der Waals surface area contributed by atoms with E-state index < -0.39 is 0 Å². The van der Waals surface area contributed by atoms with Crippen LogP contribution in [0.2, 0.25) is 0 Å². The largest absolute Gasteiger partial charge is 0.442 e. The van der Waals surface area contributed by atoms with Gasteiger partial charge < -0.3 is 9.47 Å². The fourth-order valence-corrected chi connectivity index (χ4v) is 2.34. The molecular formula is C15H22NO2+. The monoisotopic (exact) mass is 248 g/mol. The van der Waals surface area contributed by atoms with Gasteiger partial charge in [0.1, 0.15) is 13.2 Å². The second kappa shape index (κ2) is 5.53. The molecule has 3 nitrogen and oxygen atoms in total. The summed E-state index contributed by atoms with van der Waals surface area (Å²) in [5, 5.41) is 0. The number of methoxy groups -OCH3 is 1. The maximum absolute atomic E-state index is 6.04. The van der Waals surface area contributed by atoms with Crippen LogP contribution in [0, 0.1) is 5.92 Å². The van der Waals surface area contributed by atoms with Crippen LogP contribution in [0.4, 0.5) is 0 Å². The molecule has 0 amide bonds. The predicted molar refractivity (Wildman–Crippen MR) is 72.0 cm³/mol. The standard InChI is InChI=1S/C15H22NO2/c1-11-10-16(3)15(18-12(11)2)14(17-4)13-8-6-5-7-9-13/h5-9,11-12,14H,10H2,1-4H3/q+1/t11-,12+,14?/m1/s1. The van der Waals surface area contributed by atoms with Gasteiger partial charge in [0, 0.05) is 7.11 Å². The van der Waals surface area contributed by atoms with Crippen LogP contribution < -0.4 is 0 Å². The molecule has 3 heteroatoms. The van der Waals surface area contributed by atoms with E-state index in [4.69, 9.17) is 9.47 Å². The molecule has 2 rings (SSSR count). The van der Waals surface area contributed by atoms with E-state index >= 15 is 0 Å². The third kappa shape index (κ3) is 2.56. The summed E-state index contributed by atoms with van der Waals surface area (Å²) in [6.45, 7) is 5.33. The van der Waals surface area contributed by atoms with Gasteiger partial charge in [0.2, 0.25) is 6.10 Å². The van der Waals surface area contributed by atoms with Crippen molar-refractivity contribution in [3.05, 3.63) is 35.9 Å². The van der Waals surface area contributed by atoms with Crippen molar-refractivity contribution < 1.29 is 14.0 Å². The molecular weight excluding hydrogens is 226 g/mol. The van der Waals surface area contributed by atoms with Crippen molar-refractivity contribution >= 4 is 5.90 Å². The van der Waals surface area contributed by atoms with E-state index in [1.54, 1.807) is 7.11 Å². The second-order valence-corrected chi connectivity index (χ2v) is 5.05. The van der Waals surface area contributed by atoms with E-state index in [0.29, 0.717) is 5.92 Å². The summed E-state index contributed by atoms with van der Waals surface area (Å²) in [6.07, 6.45) is 0.115. The Balaban J connectivity index is 2.31. The lowest BCUT2D eigenvalue weighted by molar-refractivity contribution is -0.530. The molecule has 0 radical (unpaired) electrons. The van der Waals surface area contributed by atoms with Crippen LogP contribution in [0.1, 0.15) is 25.5 Å². The van der Waals surface area contributed by atoms with Crippen molar-refractivity contribution in [1.82, 2.24) is 0 Å². The van der Waals surface area contributed by atoms with Crippen molar-refractivity contribution in [1.29, 1.82) is 0 Å². The number of nitrogens with zero attached hydrogens (tertiary/aromatic N) is 1. The first-order valence-corrected chi connectivity index (χ1v) is 6.46. The summed E-state index contributed by atoms with van der Waals surface area (Å²) in [6, 6.07) is 10.2. The van der Waals surface area contributed by atoms with Gasteiger partial charge in [0.05, 0.1) is 5.92 Å². The first-order valence-electron chi connectivity index (χ1n) is 6.46. The second-order valence-electron chi connectivity index (χ2n) is 5.05. The highest BCUT2D eigenvalue weighted by Gasteiger charge is 2.35. The minimum atomic E-state index is -0.119. The summed E-state index contributed by atoms with van der Waals surface area (Å²) in [5.74, 6) is 1.45. The van der Waals surface area contributed by atoms with Gasteiger partial charge in [-0.25, -0.2) is 4.58 Å². The smallest absolute Gasteiger partial charge is 0.371 e. The van der Waals surface area contributed by atoms with Crippen molar-refractivity contribution in [3.63, 3.8) is 0 Å². The SMILES string of the molecule is COC(C1=[N+](C)C[C@@H](C)[C@H](C)O1)c1ccccc1. The minimum Gasteiger partial charge on any atom is -0.442 e. The highest BCUT2D eigenvalue weighted by molar-refractivity contribution is 5.78. The zero-order valence-electron chi connectivity index (χ0n) is 11.6. The summed E-state index contributed by atoms with van der Waals surface area (Å²) >= 11 is 0. The molecule has 0 bridgehead atoms. The van der Waals surface area contributed by atoms with Gasteiger partial charge >= 0.3 is 5.90 Å². The van der Waals surface area contributed by atoms with E-state index in [-0.39, 0.29) is 12.2 Å². The summed E-state index contributed by atoms with van der Waals surface area (Å²) in [7, 11) is 3.79. The average Bonchev–Trinajstić information content (AvgIpc) is 2.38. The van der Waals surface area contributed by atoms with E-state index in [0.717, 1.165) is 18.0 Å². The summed E-state index contributed by atoms with van der Waals surface area (Å²) in [4.78, 5) is 0. The molecule has 3 atom stereocenters. The third-order valence-corrected chi connectivity index (χ3v) is 3.61. The molecule has 0 aliphatic carbocycles. The van der Waals surface area contributed by atoms with Crippen LogP contribution in [-0.2, 0) is 9.47 Å². The molecule has 0 spiro atoms. The van der Waals surface area contributed by atoms with Gasteiger partial charge in [-0.2, -0.15) is 0 Å². The fraction of sp³-hybridized carbons (Fsp3) is 0.533. The first-order chi connectivity index (χ1) is 8.63. The molecule has 18 heavy (non-hydrogen) atoms. The molecule has 0 saturated carbocycles. The Hall–Kier alpha value is -1.35. The number of hydrogen-bond donors (Lipinski definition) is 0. The molecule has 1 heterocycles. The number of benzene rings is 1.